The Bertz CT molecular complexity index is 1290. The molecule has 4 rings (SSSR count). The van der Waals surface area contributed by atoms with Crippen molar-refractivity contribution in [2.45, 2.75) is 13.3 Å². The maximum Gasteiger partial charge on any atom is 0.229 e. The van der Waals surface area contributed by atoms with Crippen molar-refractivity contribution in [2.24, 2.45) is 0 Å². The van der Waals surface area contributed by atoms with Crippen LogP contribution in [0.25, 0.3) is 10.1 Å². The van der Waals surface area contributed by atoms with Crippen LogP contribution in [-0.4, -0.2) is 21.2 Å². The van der Waals surface area contributed by atoms with Gasteiger partial charge in [-0.05, 0) is 53.5 Å². The summed E-state index contributed by atoms with van der Waals surface area (Å²) in [6.45, 7) is 1.44. The first kappa shape index (κ1) is 20.9. The molecule has 0 aliphatic heterocycles. The predicted molar refractivity (Wildman–Crippen MR) is 120 cm³/mol. The monoisotopic (exact) mass is 454 g/mol. The number of amides is 2. The molecule has 156 valence electrons. The zero-order valence-electron chi connectivity index (χ0n) is 16.3. The van der Waals surface area contributed by atoms with E-state index >= 15 is 0 Å². The van der Waals surface area contributed by atoms with Gasteiger partial charge in [0.15, 0.2) is 0 Å². The average Bonchev–Trinajstić information content (AvgIpc) is 3.18. The van der Waals surface area contributed by atoms with Crippen molar-refractivity contribution in [2.75, 3.05) is 10.2 Å². The van der Waals surface area contributed by atoms with Crippen LogP contribution in [0.1, 0.15) is 12.5 Å². The van der Waals surface area contributed by atoms with E-state index in [1.54, 1.807) is 18.3 Å². The van der Waals surface area contributed by atoms with E-state index in [2.05, 4.69) is 14.7 Å². The van der Waals surface area contributed by atoms with Gasteiger partial charge in [0.25, 0.3) is 0 Å². The van der Waals surface area contributed by atoms with Gasteiger partial charge in [0.2, 0.25) is 11.8 Å². The minimum Gasteiger partial charge on any atom is -0.326 e. The highest BCUT2D eigenvalue weighted by molar-refractivity contribution is 7.13. The zero-order chi connectivity index (χ0) is 22.0. The number of carbonyl (C=O) groups is 2. The number of carbonyl (C=O) groups excluding carboxylic acids is 2. The maximum atomic E-state index is 13.2. The van der Waals surface area contributed by atoms with Crippen molar-refractivity contribution in [3.8, 4) is 0 Å². The van der Waals surface area contributed by atoms with Gasteiger partial charge in [0.1, 0.15) is 11.6 Å². The SMILES string of the molecule is CC(=O)N(c1ccc2cnsc2c1)c1cc(NC(=O)Cc2ccc(F)cc2Cl)ccn1. The first-order chi connectivity index (χ1) is 14.9. The first-order valence-corrected chi connectivity index (χ1v) is 10.4. The van der Waals surface area contributed by atoms with Crippen LogP contribution in [0.4, 0.5) is 21.6 Å². The highest BCUT2D eigenvalue weighted by atomic mass is 35.5. The molecule has 0 unspecified atom stereocenters. The summed E-state index contributed by atoms with van der Waals surface area (Å²) in [5.41, 5.74) is 1.63. The molecule has 2 heterocycles. The molecule has 31 heavy (non-hydrogen) atoms. The molecule has 0 spiro atoms. The van der Waals surface area contributed by atoms with Gasteiger partial charge in [-0.25, -0.2) is 9.37 Å². The smallest absolute Gasteiger partial charge is 0.229 e. The van der Waals surface area contributed by atoms with Crippen molar-refractivity contribution >= 4 is 62.2 Å². The molecular formula is C22H16ClFN4O2S. The standard InChI is InChI=1S/C22H16ClFN4O2S/c1-13(29)28(18-5-3-15-12-26-31-20(15)11-18)21-10-17(6-7-25-21)27-22(30)8-14-2-4-16(24)9-19(14)23/h2-7,9-12H,8H2,1H3,(H,25,27,30). The van der Waals surface area contributed by atoms with Crippen LogP contribution >= 0.6 is 23.1 Å². The highest BCUT2D eigenvalue weighted by Gasteiger charge is 2.17. The number of hydrogen-bond donors (Lipinski definition) is 1. The van der Waals surface area contributed by atoms with E-state index in [4.69, 9.17) is 11.6 Å². The molecule has 0 aliphatic rings. The van der Waals surface area contributed by atoms with Crippen LogP contribution in [-0.2, 0) is 16.0 Å². The Morgan fingerprint density at radius 1 is 1.16 bits per heavy atom. The summed E-state index contributed by atoms with van der Waals surface area (Å²) in [7, 11) is 0. The van der Waals surface area contributed by atoms with Crippen LogP contribution in [0, 0.1) is 5.82 Å². The molecule has 6 nitrogen and oxygen atoms in total. The third-order valence-electron chi connectivity index (χ3n) is 4.54. The molecule has 0 bridgehead atoms. The Labute approximate surface area is 186 Å². The normalized spacial score (nSPS) is 10.8. The lowest BCUT2D eigenvalue weighted by atomic mass is 10.1. The van der Waals surface area contributed by atoms with E-state index in [-0.39, 0.29) is 23.3 Å². The largest absolute Gasteiger partial charge is 0.326 e. The Hall–Kier alpha value is -3.36. The van der Waals surface area contributed by atoms with E-state index in [0.29, 0.717) is 22.8 Å². The fourth-order valence-corrected chi connectivity index (χ4v) is 4.04. The molecule has 2 aromatic heterocycles. The highest BCUT2D eigenvalue weighted by Crippen LogP contribution is 2.30. The van der Waals surface area contributed by atoms with E-state index in [1.165, 1.54) is 47.8 Å². The van der Waals surface area contributed by atoms with Crippen LogP contribution in [0.3, 0.4) is 0 Å². The Kier molecular flexibility index (Phi) is 5.92. The summed E-state index contributed by atoms with van der Waals surface area (Å²) in [6, 6.07) is 12.7. The van der Waals surface area contributed by atoms with Crippen molar-refractivity contribution < 1.29 is 14.0 Å². The Balaban J connectivity index is 1.57. The molecule has 0 saturated heterocycles. The number of halogens is 2. The van der Waals surface area contributed by atoms with Crippen LogP contribution in [0.5, 0.6) is 0 Å². The molecule has 9 heteroatoms. The van der Waals surface area contributed by atoms with E-state index < -0.39 is 5.82 Å². The third kappa shape index (κ3) is 4.70. The number of nitrogens with one attached hydrogen (secondary N) is 1. The topological polar surface area (TPSA) is 75.2 Å². The summed E-state index contributed by atoms with van der Waals surface area (Å²) < 4.78 is 18.3. The second-order valence-electron chi connectivity index (χ2n) is 6.77. The van der Waals surface area contributed by atoms with Gasteiger partial charge < -0.3 is 5.32 Å². The number of aromatic nitrogens is 2. The Morgan fingerprint density at radius 2 is 2.00 bits per heavy atom. The second kappa shape index (κ2) is 8.79. The number of hydrogen-bond acceptors (Lipinski definition) is 5. The van der Waals surface area contributed by atoms with Gasteiger partial charge in [-0.1, -0.05) is 17.7 Å². The first-order valence-electron chi connectivity index (χ1n) is 9.25. The summed E-state index contributed by atoms with van der Waals surface area (Å²) in [6.07, 6.45) is 3.26. The van der Waals surface area contributed by atoms with Gasteiger partial charge in [-0.2, -0.15) is 4.37 Å². The zero-order valence-corrected chi connectivity index (χ0v) is 17.9. The van der Waals surface area contributed by atoms with Gasteiger partial charge in [0.05, 0.1) is 16.8 Å². The number of fused-ring (bicyclic) bond motifs is 1. The fraction of sp³-hybridized carbons (Fsp3) is 0.0909. The van der Waals surface area contributed by atoms with Gasteiger partial charge >= 0.3 is 0 Å². The maximum absolute atomic E-state index is 13.2. The molecule has 4 aromatic rings. The molecular weight excluding hydrogens is 439 g/mol. The van der Waals surface area contributed by atoms with Crippen LogP contribution < -0.4 is 10.2 Å². The number of rotatable bonds is 5. The van der Waals surface area contributed by atoms with Crippen LogP contribution in [0.2, 0.25) is 5.02 Å². The summed E-state index contributed by atoms with van der Waals surface area (Å²) in [4.78, 5) is 30.6. The Morgan fingerprint density at radius 3 is 2.77 bits per heavy atom. The van der Waals surface area contributed by atoms with E-state index in [9.17, 15) is 14.0 Å². The minimum absolute atomic E-state index is 0.0186. The predicted octanol–water partition coefficient (Wildman–Crippen LogP) is 5.35. The average molecular weight is 455 g/mol. The number of anilines is 3. The van der Waals surface area contributed by atoms with Gasteiger partial charge in [-0.15, -0.1) is 0 Å². The number of pyridine rings is 1. The number of nitrogens with zero attached hydrogens (tertiary/aromatic N) is 3. The van der Waals surface area contributed by atoms with E-state index in [1.807, 2.05) is 18.2 Å². The number of benzene rings is 2. The molecule has 0 saturated carbocycles. The summed E-state index contributed by atoms with van der Waals surface area (Å²) >= 11 is 7.34. The summed E-state index contributed by atoms with van der Waals surface area (Å²) in [5, 5.41) is 3.94. The van der Waals surface area contributed by atoms with Gasteiger partial charge in [-0.3, -0.25) is 14.5 Å². The quantitative estimate of drug-likeness (QED) is 0.441. The minimum atomic E-state index is -0.464. The molecule has 0 fully saturated rings. The fourth-order valence-electron chi connectivity index (χ4n) is 3.12. The molecule has 0 atom stereocenters. The van der Waals surface area contributed by atoms with Crippen LogP contribution in [0.15, 0.2) is 60.9 Å². The molecule has 2 amide bonds. The van der Waals surface area contributed by atoms with E-state index in [0.717, 1.165) is 10.1 Å². The molecule has 0 radical (unpaired) electrons. The molecule has 1 N–H and O–H groups in total. The lowest BCUT2D eigenvalue weighted by Gasteiger charge is -2.21. The van der Waals surface area contributed by atoms with Crippen molar-refractivity contribution in [1.82, 2.24) is 9.36 Å². The third-order valence-corrected chi connectivity index (χ3v) is 5.65. The second-order valence-corrected chi connectivity index (χ2v) is 8.01. The van der Waals surface area contributed by atoms with Crippen molar-refractivity contribution in [3.05, 3.63) is 77.3 Å². The summed E-state index contributed by atoms with van der Waals surface area (Å²) in [5.74, 6) is -0.646. The lowest BCUT2D eigenvalue weighted by Crippen LogP contribution is -2.24. The lowest BCUT2D eigenvalue weighted by molar-refractivity contribution is -0.116. The van der Waals surface area contributed by atoms with Crippen molar-refractivity contribution in [1.29, 1.82) is 0 Å². The van der Waals surface area contributed by atoms with Gasteiger partial charge in [0, 0.05) is 41.5 Å². The molecule has 2 aromatic carbocycles. The van der Waals surface area contributed by atoms with Crippen molar-refractivity contribution in [3.63, 3.8) is 0 Å². The molecule has 0 aliphatic carbocycles.